The summed E-state index contributed by atoms with van der Waals surface area (Å²) in [4.78, 5) is 15.1. The minimum Gasteiger partial charge on any atom is -0.493 e. The van der Waals surface area contributed by atoms with Crippen molar-refractivity contribution < 1.29 is 14.3 Å². The van der Waals surface area contributed by atoms with Crippen molar-refractivity contribution >= 4 is 5.91 Å². The molecule has 124 valence electrons. The first-order valence-corrected chi connectivity index (χ1v) is 7.27. The maximum atomic E-state index is 12.1. The molecule has 24 heavy (non-hydrogen) atoms. The van der Waals surface area contributed by atoms with Gasteiger partial charge in [0.1, 0.15) is 5.69 Å². The Balaban J connectivity index is 2.18. The van der Waals surface area contributed by atoms with E-state index < -0.39 is 5.91 Å². The molecule has 0 radical (unpaired) electrons. The zero-order valence-electron chi connectivity index (χ0n) is 13.4. The highest BCUT2D eigenvalue weighted by Gasteiger charge is 2.20. The molecular weight excluding hydrogens is 308 g/mol. The van der Waals surface area contributed by atoms with Gasteiger partial charge in [-0.2, -0.15) is 0 Å². The van der Waals surface area contributed by atoms with Crippen LogP contribution in [0.15, 0.2) is 48.9 Å². The van der Waals surface area contributed by atoms with E-state index in [0.29, 0.717) is 22.9 Å². The number of hydrazine groups is 1. The summed E-state index contributed by atoms with van der Waals surface area (Å²) in [5.74, 6) is 6.14. The molecule has 3 rings (SSSR count). The molecule has 0 unspecified atom stereocenters. The zero-order chi connectivity index (χ0) is 17.1. The van der Waals surface area contributed by atoms with Gasteiger partial charge in [0.15, 0.2) is 11.5 Å². The predicted octanol–water partition coefficient (Wildman–Crippen LogP) is 2.09. The van der Waals surface area contributed by atoms with E-state index >= 15 is 0 Å². The number of aromatic amines is 1. The summed E-state index contributed by atoms with van der Waals surface area (Å²) in [5.41, 5.74) is 4.96. The first kappa shape index (κ1) is 15.7. The van der Waals surface area contributed by atoms with E-state index in [0.717, 1.165) is 11.1 Å². The number of carbonyl (C=O) groups is 1. The number of aromatic nitrogens is 2. The van der Waals surface area contributed by atoms with Gasteiger partial charge >= 0.3 is 0 Å². The van der Waals surface area contributed by atoms with Crippen LogP contribution >= 0.6 is 0 Å². The van der Waals surface area contributed by atoms with Crippen molar-refractivity contribution in [3.05, 3.63) is 54.6 Å². The standard InChI is InChI=1S/C17H18N4O3/c1-23-13-6-5-11(9-14(13)24-2)12-10-19-15(17(22)20-18)16(12)21-7-3-4-8-21/h3-10,19H,18H2,1-2H3,(H,20,22). The summed E-state index contributed by atoms with van der Waals surface area (Å²) in [6.45, 7) is 0. The average Bonchev–Trinajstić information content (AvgIpc) is 3.29. The molecule has 2 aromatic heterocycles. The van der Waals surface area contributed by atoms with Crippen LogP contribution in [0.2, 0.25) is 0 Å². The molecular formula is C17H18N4O3. The van der Waals surface area contributed by atoms with Crippen LogP contribution in [0.4, 0.5) is 0 Å². The molecule has 7 nitrogen and oxygen atoms in total. The number of nitrogen functional groups attached to an aromatic ring is 1. The largest absolute Gasteiger partial charge is 0.493 e. The van der Waals surface area contributed by atoms with Crippen LogP contribution in [0.25, 0.3) is 16.8 Å². The van der Waals surface area contributed by atoms with Crippen LogP contribution in [-0.4, -0.2) is 29.7 Å². The van der Waals surface area contributed by atoms with Crippen LogP contribution in [0.3, 0.4) is 0 Å². The second-order valence-corrected chi connectivity index (χ2v) is 5.06. The normalized spacial score (nSPS) is 10.5. The molecule has 2 heterocycles. The van der Waals surface area contributed by atoms with Crippen molar-refractivity contribution in [1.82, 2.24) is 15.0 Å². The number of rotatable bonds is 5. The van der Waals surface area contributed by atoms with E-state index in [9.17, 15) is 4.79 Å². The number of benzene rings is 1. The lowest BCUT2D eigenvalue weighted by Crippen LogP contribution is -2.31. The number of nitrogens with zero attached hydrogens (tertiary/aromatic N) is 1. The maximum absolute atomic E-state index is 12.1. The molecule has 1 amide bonds. The number of H-pyrrole nitrogens is 1. The number of nitrogens with one attached hydrogen (secondary N) is 2. The van der Waals surface area contributed by atoms with Crippen molar-refractivity contribution in [2.75, 3.05) is 14.2 Å². The van der Waals surface area contributed by atoms with Crippen LogP contribution in [-0.2, 0) is 0 Å². The highest BCUT2D eigenvalue weighted by atomic mass is 16.5. The SMILES string of the molecule is COc1ccc(-c2c[nH]c(C(=O)NN)c2-n2cccc2)cc1OC. The Morgan fingerprint density at radius 3 is 2.50 bits per heavy atom. The van der Waals surface area contributed by atoms with Gasteiger partial charge in [-0.05, 0) is 29.8 Å². The first-order chi connectivity index (χ1) is 11.7. The van der Waals surface area contributed by atoms with E-state index in [-0.39, 0.29) is 0 Å². The molecule has 1 aromatic carbocycles. The minimum absolute atomic E-state index is 0.374. The summed E-state index contributed by atoms with van der Waals surface area (Å²) in [6, 6.07) is 9.36. The number of methoxy groups -OCH3 is 2. The lowest BCUT2D eigenvalue weighted by Gasteiger charge is -2.11. The molecule has 0 spiro atoms. The molecule has 7 heteroatoms. The Morgan fingerprint density at radius 2 is 1.88 bits per heavy atom. The average molecular weight is 326 g/mol. The molecule has 0 saturated carbocycles. The minimum atomic E-state index is -0.398. The number of amides is 1. The van der Waals surface area contributed by atoms with Gasteiger partial charge in [-0.25, -0.2) is 5.84 Å². The van der Waals surface area contributed by atoms with E-state index in [1.54, 1.807) is 20.4 Å². The molecule has 4 N–H and O–H groups in total. The van der Waals surface area contributed by atoms with Crippen molar-refractivity contribution in [2.24, 2.45) is 5.84 Å². The second kappa shape index (κ2) is 6.51. The quantitative estimate of drug-likeness (QED) is 0.380. The summed E-state index contributed by atoms with van der Waals surface area (Å²) >= 11 is 0. The molecule has 0 saturated heterocycles. The van der Waals surface area contributed by atoms with Gasteiger partial charge in [0.05, 0.1) is 19.9 Å². The highest BCUT2D eigenvalue weighted by molar-refractivity contribution is 5.99. The van der Waals surface area contributed by atoms with Gasteiger partial charge in [0, 0.05) is 24.2 Å². The van der Waals surface area contributed by atoms with Crippen molar-refractivity contribution in [3.63, 3.8) is 0 Å². The van der Waals surface area contributed by atoms with Gasteiger partial charge in [-0.15, -0.1) is 0 Å². The number of hydrogen-bond donors (Lipinski definition) is 3. The second-order valence-electron chi connectivity index (χ2n) is 5.06. The molecule has 3 aromatic rings. The number of hydrogen-bond acceptors (Lipinski definition) is 4. The monoisotopic (exact) mass is 326 g/mol. The van der Waals surface area contributed by atoms with Crippen LogP contribution in [0.1, 0.15) is 10.5 Å². The van der Waals surface area contributed by atoms with E-state index in [2.05, 4.69) is 10.4 Å². The molecule has 0 bridgehead atoms. The molecule has 0 aliphatic carbocycles. The third-order valence-corrected chi connectivity index (χ3v) is 3.77. The van der Waals surface area contributed by atoms with Gasteiger partial charge in [-0.3, -0.25) is 10.2 Å². The zero-order valence-corrected chi connectivity index (χ0v) is 13.4. The fourth-order valence-corrected chi connectivity index (χ4v) is 2.64. The van der Waals surface area contributed by atoms with Crippen LogP contribution in [0.5, 0.6) is 11.5 Å². The van der Waals surface area contributed by atoms with E-state index in [1.165, 1.54) is 0 Å². The fourth-order valence-electron chi connectivity index (χ4n) is 2.64. The van der Waals surface area contributed by atoms with Crippen molar-refractivity contribution in [2.45, 2.75) is 0 Å². The Morgan fingerprint density at radius 1 is 1.17 bits per heavy atom. The summed E-state index contributed by atoms with van der Waals surface area (Å²) in [7, 11) is 3.17. The van der Waals surface area contributed by atoms with E-state index in [1.807, 2.05) is 47.3 Å². The third-order valence-electron chi connectivity index (χ3n) is 3.77. The maximum Gasteiger partial charge on any atom is 0.283 e. The molecule has 0 aliphatic rings. The smallest absolute Gasteiger partial charge is 0.283 e. The topological polar surface area (TPSA) is 94.3 Å². The van der Waals surface area contributed by atoms with Gasteiger partial charge in [0.2, 0.25) is 0 Å². The highest BCUT2D eigenvalue weighted by Crippen LogP contribution is 2.36. The van der Waals surface area contributed by atoms with Crippen LogP contribution in [0, 0.1) is 0 Å². The lowest BCUT2D eigenvalue weighted by molar-refractivity contribution is 0.0949. The van der Waals surface area contributed by atoms with Gasteiger partial charge < -0.3 is 19.0 Å². The lowest BCUT2D eigenvalue weighted by atomic mass is 10.1. The Bertz CT molecular complexity index is 853. The number of nitrogens with two attached hydrogens (primary N) is 1. The van der Waals surface area contributed by atoms with Gasteiger partial charge in [-0.1, -0.05) is 6.07 Å². The van der Waals surface area contributed by atoms with Crippen molar-refractivity contribution in [3.8, 4) is 28.3 Å². The summed E-state index contributed by atoms with van der Waals surface area (Å²) < 4.78 is 12.5. The van der Waals surface area contributed by atoms with Crippen LogP contribution < -0.4 is 20.7 Å². The van der Waals surface area contributed by atoms with E-state index in [4.69, 9.17) is 15.3 Å². The Labute approximate surface area is 139 Å². The van der Waals surface area contributed by atoms with Gasteiger partial charge in [0.25, 0.3) is 5.91 Å². The molecule has 0 atom stereocenters. The first-order valence-electron chi connectivity index (χ1n) is 7.27. The Hall–Kier alpha value is -3.19. The number of carbonyl (C=O) groups excluding carboxylic acids is 1. The Kier molecular flexibility index (Phi) is 4.26. The number of ether oxygens (including phenoxy) is 2. The third kappa shape index (κ3) is 2.61. The molecule has 0 aliphatic heterocycles. The predicted molar refractivity (Wildman–Crippen MR) is 90.3 cm³/mol. The van der Waals surface area contributed by atoms with Crippen molar-refractivity contribution in [1.29, 1.82) is 0 Å². The molecule has 0 fully saturated rings. The fraction of sp³-hybridized carbons (Fsp3) is 0.118. The summed E-state index contributed by atoms with van der Waals surface area (Å²) in [5, 5.41) is 0. The summed E-state index contributed by atoms with van der Waals surface area (Å²) in [6.07, 6.45) is 5.49.